The number of sulfonamides is 1. The van der Waals surface area contributed by atoms with E-state index in [9.17, 15) is 17.6 Å². The number of aryl methyl sites for hydroxylation is 1. The fraction of sp³-hybridized carbons (Fsp3) is 0.174. The minimum absolute atomic E-state index is 0.00901. The molecule has 0 aliphatic carbocycles. The first-order valence-electron chi connectivity index (χ1n) is 9.61. The highest BCUT2D eigenvalue weighted by molar-refractivity contribution is 7.92. The molecule has 0 bridgehead atoms. The minimum atomic E-state index is -3.90. The van der Waals surface area contributed by atoms with Crippen LogP contribution >= 0.6 is 0 Å². The maximum Gasteiger partial charge on any atom is 0.264 e. The number of methoxy groups -OCH3 is 1. The summed E-state index contributed by atoms with van der Waals surface area (Å²) in [6.07, 6.45) is 0. The third kappa shape index (κ3) is 4.69. The van der Waals surface area contributed by atoms with E-state index in [0.717, 1.165) is 6.07 Å². The lowest BCUT2D eigenvalue weighted by molar-refractivity contribution is 0.102. The van der Waals surface area contributed by atoms with Crippen LogP contribution < -0.4 is 14.4 Å². The maximum atomic E-state index is 13.6. The average Bonchev–Trinajstić information content (AvgIpc) is 2.76. The zero-order valence-electron chi connectivity index (χ0n) is 17.4. The number of hydrogen-bond donors (Lipinski definition) is 1. The summed E-state index contributed by atoms with van der Waals surface area (Å²) in [5, 5.41) is 2.64. The molecule has 0 saturated heterocycles. The van der Waals surface area contributed by atoms with Crippen LogP contribution in [0.15, 0.2) is 71.6 Å². The van der Waals surface area contributed by atoms with Crippen LogP contribution in [0, 0.1) is 12.7 Å². The van der Waals surface area contributed by atoms with Gasteiger partial charge in [0.2, 0.25) is 0 Å². The van der Waals surface area contributed by atoms with Crippen molar-refractivity contribution >= 4 is 27.3 Å². The Morgan fingerprint density at radius 2 is 1.77 bits per heavy atom. The van der Waals surface area contributed by atoms with Gasteiger partial charge in [-0.25, -0.2) is 12.8 Å². The number of nitrogens with zero attached hydrogens (tertiary/aromatic N) is 1. The van der Waals surface area contributed by atoms with Crippen LogP contribution in [0.1, 0.15) is 22.8 Å². The van der Waals surface area contributed by atoms with Gasteiger partial charge in [0.15, 0.2) is 0 Å². The second-order valence-corrected chi connectivity index (χ2v) is 8.64. The lowest BCUT2D eigenvalue weighted by atomic mass is 10.1. The molecule has 1 N–H and O–H groups in total. The van der Waals surface area contributed by atoms with Gasteiger partial charge in [0.25, 0.3) is 15.9 Å². The number of carbonyl (C=O) groups excluding carboxylic acids is 1. The summed E-state index contributed by atoms with van der Waals surface area (Å²) in [6, 6.07) is 16.9. The number of para-hydroxylation sites is 1. The standard InChI is InChI=1S/C23H23FN2O4S/c1-4-26(18-8-6-5-7-9-18)31(28,29)19-12-13-22(30-3)21(15-19)25-23(27)20-14-17(24)11-10-16(20)2/h5-15H,4H2,1-3H3,(H,25,27). The molecular formula is C23H23FN2O4S. The Balaban J connectivity index is 2.00. The van der Waals surface area contributed by atoms with Gasteiger partial charge in [0, 0.05) is 12.1 Å². The van der Waals surface area contributed by atoms with Gasteiger partial charge in [0.1, 0.15) is 11.6 Å². The van der Waals surface area contributed by atoms with Gasteiger partial charge in [-0.3, -0.25) is 9.10 Å². The van der Waals surface area contributed by atoms with E-state index in [1.165, 1.54) is 41.7 Å². The number of amides is 1. The largest absolute Gasteiger partial charge is 0.495 e. The fourth-order valence-corrected chi connectivity index (χ4v) is 4.69. The Morgan fingerprint density at radius 3 is 2.42 bits per heavy atom. The molecule has 0 aromatic heterocycles. The molecular weight excluding hydrogens is 419 g/mol. The minimum Gasteiger partial charge on any atom is -0.495 e. The summed E-state index contributed by atoms with van der Waals surface area (Å²) < 4.78 is 46.8. The van der Waals surface area contributed by atoms with Gasteiger partial charge in [-0.1, -0.05) is 24.3 Å². The number of rotatable bonds is 7. The van der Waals surface area contributed by atoms with Crippen molar-refractivity contribution in [2.45, 2.75) is 18.7 Å². The van der Waals surface area contributed by atoms with Gasteiger partial charge >= 0.3 is 0 Å². The average molecular weight is 443 g/mol. The molecule has 0 radical (unpaired) electrons. The molecule has 3 aromatic carbocycles. The number of benzene rings is 3. The monoisotopic (exact) mass is 442 g/mol. The summed E-state index contributed by atoms with van der Waals surface area (Å²) in [4.78, 5) is 12.7. The quantitative estimate of drug-likeness (QED) is 0.580. The predicted molar refractivity (Wildman–Crippen MR) is 119 cm³/mol. The third-order valence-corrected chi connectivity index (χ3v) is 6.68. The number of anilines is 2. The highest BCUT2D eigenvalue weighted by atomic mass is 32.2. The van der Waals surface area contributed by atoms with E-state index in [2.05, 4.69) is 5.32 Å². The number of ether oxygens (including phenoxy) is 1. The van der Waals surface area contributed by atoms with Crippen LogP contribution in [0.2, 0.25) is 0 Å². The van der Waals surface area contributed by atoms with E-state index in [-0.39, 0.29) is 28.4 Å². The molecule has 8 heteroatoms. The van der Waals surface area contributed by atoms with Crippen LogP contribution in [0.5, 0.6) is 5.75 Å². The van der Waals surface area contributed by atoms with Crippen molar-refractivity contribution in [2.24, 2.45) is 0 Å². The number of halogens is 1. The van der Waals surface area contributed by atoms with Crippen molar-refractivity contribution in [1.29, 1.82) is 0 Å². The molecule has 6 nitrogen and oxygen atoms in total. The molecule has 0 unspecified atom stereocenters. The van der Waals surface area contributed by atoms with E-state index >= 15 is 0 Å². The van der Waals surface area contributed by atoms with Crippen molar-refractivity contribution in [3.63, 3.8) is 0 Å². The van der Waals surface area contributed by atoms with E-state index in [1.54, 1.807) is 44.2 Å². The molecule has 0 aliphatic rings. The number of carbonyl (C=O) groups is 1. The van der Waals surface area contributed by atoms with Gasteiger partial charge in [-0.05, 0) is 61.9 Å². The van der Waals surface area contributed by atoms with E-state index in [0.29, 0.717) is 11.3 Å². The first kappa shape index (κ1) is 22.3. The molecule has 0 fully saturated rings. The van der Waals surface area contributed by atoms with Crippen molar-refractivity contribution in [1.82, 2.24) is 0 Å². The molecule has 31 heavy (non-hydrogen) atoms. The number of nitrogens with one attached hydrogen (secondary N) is 1. The summed E-state index contributed by atoms with van der Waals surface area (Å²) in [6.45, 7) is 3.65. The lowest BCUT2D eigenvalue weighted by Crippen LogP contribution is -2.30. The molecule has 0 spiro atoms. The molecule has 3 aromatic rings. The van der Waals surface area contributed by atoms with Crippen LogP contribution in [0.25, 0.3) is 0 Å². The zero-order chi connectivity index (χ0) is 22.6. The highest BCUT2D eigenvalue weighted by Crippen LogP contribution is 2.31. The highest BCUT2D eigenvalue weighted by Gasteiger charge is 2.25. The Bertz CT molecular complexity index is 1200. The Kier molecular flexibility index (Phi) is 6.60. The Labute approximate surface area is 181 Å². The lowest BCUT2D eigenvalue weighted by Gasteiger charge is -2.23. The van der Waals surface area contributed by atoms with E-state index in [4.69, 9.17) is 4.74 Å². The molecule has 0 saturated carbocycles. The van der Waals surface area contributed by atoms with Gasteiger partial charge in [-0.15, -0.1) is 0 Å². The zero-order valence-corrected chi connectivity index (χ0v) is 18.2. The van der Waals surface area contributed by atoms with E-state index in [1.807, 2.05) is 0 Å². The molecule has 162 valence electrons. The molecule has 3 rings (SSSR count). The van der Waals surface area contributed by atoms with Crippen molar-refractivity contribution in [3.05, 3.63) is 83.7 Å². The van der Waals surface area contributed by atoms with Crippen molar-refractivity contribution in [3.8, 4) is 5.75 Å². The van der Waals surface area contributed by atoms with Gasteiger partial charge in [-0.2, -0.15) is 0 Å². The van der Waals surface area contributed by atoms with E-state index < -0.39 is 21.7 Å². The van der Waals surface area contributed by atoms with Crippen LogP contribution in [0.3, 0.4) is 0 Å². The molecule has 0 atom stereocenters. The first-order valence-corrected chi connectivity index (χ1v) is 11.0. The third-order valence-electron chi connectivity index (χ3n) is 4.78. The molecule has 1 amide bonds. The summed E-state index contributed by atoms with van der Waals surface area (Å²) in [7, 11) is -2.49. The fourth-order valence-electron chi connectivity index (χ4n) is 3.19. The van der Waals surface area contributed by atoms with Crippen molar-refractivity contribution < 1.29 is 22.3 Å². The Hall–Kier alpha value is -3.39. The molecule has 0 heterocycles. The second kappa shape index (κ2) is 9.18. The summed E-state index contributed by atoms with van der Waals surface area (Å²) in [5.74, 6) is -0.829. The SMILES string of the molecule is CCN(c1ccccc1)S(=O)(=O)c1ccc(OC)c(NC(=O)c2cc(F)ccc2C)c1. The Morgan fingerprint density at radius 1 is 1.06 bits per heavy atom. The van der Waals surface area contributed by atoms with Gasteiger partial charge in [0.05, 0.1) is 23.4 Å². The second-order valence-electron chi connectivity index (χ2n) is 6.78. The topological polar surface area (TPSA) is 75.7 Å². The van der Waals surface area contributed by atoms with Crippen LogP contribution in [-0.2, 0) is 10.0 Å². The summed E-state index contributed by atoms with van der Waals surface area (Å²) >= 11 is 0. The number of hydrogen-bond acceptors (Lipinski definition) is 4. The summed E-state index contributed by atoms with van der Waals surface area (Å²) in [5.41, 5.74) is 1.43. The molecule has 0 aliphatic heterocycles. The first-order chi connectivity index (χ1) is 14.8. The van der Waals surface area contributed by atoms with Crippen LogP contribution in [-0.4, -0.2) is 28.0 Å². The maximum absolute atomic E-state index is 13.6. The van der Waals surface area contributed by atoms with Crippen molar-refractivity contribution in [2.75, 3.05) is 23.3 Å². The normalized spacial score (nSPS) is 11.1. The predicted octanol–water partition coefficient (Wildman–Crippen LogP) is 4.61. The van der Waals surface area contributed by atoms with Gasteiger partial charge < -0.3 is 10.1 Å². The van der Waals surface area contributed by atoms with Crippen LogP contribution in [0.4, 0.5) is 15.8 Å². The smallest absolute Gasteiger partial charge is 0.264 e.